The van der Waals surface area contributed by atoms with Gasteiger partial charge in [-0.1, -0.05) is 24.3 Å². The molecule has 0 aliphatic heterocycles. The number of carbonyl (C=O) groups excluding carboxylic acids is 1. The number of rotatable bonds is 3. The Bertz CT molecular complexity index is 687. The number of allylic oxidation sites excluding steroid dienone is 1. The van der Waals surface area contributed by atoms with Crippen LogP contribution in [0.4, 0.5) is 8.78 Å². The number of carbonyl (C=O) groups is 1. The number of hydrogen-bond acceptors (Lipinski definition) is 1. The molecule has 3 heteroatoms. The lowest BCUT2D eigenvalue weighted by molar-refractivity contribution is 0.104. The average molecular weight is 272 g/mol. The second-order valence-corrected chi connectivity index (χ2v) is 4.64. The summed E-state index contributed by atoms with van der Waals surface area (Å²) in [7, 11) is 0. The predicted molar refractivity (Wildman–Crippen MR) is 75.6 cm³/mol. The smallest absolute Gasteiger partial charge is 0.185 e. The fraction of sp³-hybridized carbons (Fsp3) is 0.118. The topological polar surface area (TPSA) is 17.1 Å². The summed E-state index contributed by atoms with van der Waals surface area (Å²) in [4.78, 5) is 12.0. The van der Waals surface area contributed by atoms with Gasteiger partial charge in [0, 0.05) is 11.1 Å². The molecule has 102 valence electrons. The van der Waals surface area contributed by atoms with Crippen molar-refractivity contribution in [1.82, 2.24) is 0 Å². The molecule has 0 aliphatic carbocycles. The lowest BCUT2D eigenvalue weighted by Gasteiger charge is -2.02. The van der Waals surface area contributed by atoms with Gasteiger partial charge in [0.15, 0.2) is 17.4 Å². The largest absolute Gasteiger partial charge is 0.289 e. The van der Waals surface area contributed by atoms with Crippen LogP contribution < -0.4 is 0 Å². The Morgan fingerprint density at radius 3 is 2.50 bits per heavy atom. The normalized spacial score (nSPS) is 11.0. The molecular formula is C17H14F2O. The molecule has 0 N–H and O–H groups in total. The van der Waals surface area contributed by atoms with Gasteiger partial charge < -0.3 is 0 Å². The first-order valence-electron chi connectivity index (χ1n) is 6.22. The molecule has 0 radical (unpaired) electrons. The van der Waals surface area contributed by atoms with Gasteiger partial charge in [-0.25, -0.2) is 8.78 Å². The Morgan fingerprint density at radius 1 is 1.05 bits per heavy atom. The molecule has 0 heterocycles. The first-order chi connectivity index (χ1) is 9.49. The Balaban J connectivity index is 2.24. The molecular weight excluding hydrogens is 258 g/mol. The molecule has 0 saturated carbocycles. The Morgan fingerprint density at radius 2 is 1.80 bits per heavy atom. The van der Waals surface area contributed by atoms with Crippen LogP contribution in [0.25, 0.3) is 6.08 Å². The molecule has 2 aromatic rings. The van der Waals surface area contributed by atoms with Gasteiger partial charge in [-0.3, -0.25) is 4.79 Å². The SMILES string of the molecule is Cc1ccc(C(=O)C=Cc2cccc(F)c2F)cc1C. The van der Waals surface area contributed by atoms with Crippen LogP contribution in [0.1, 0.15) is 27.0 Å². The molecule has 0 spiro atoms. The van der Waals surface area contributed by atoms with Crippen LogP contribution in [0, 0.1) is 25.5 Å². The zero-order valence-electron chi connectivity index (χ0n) is 11.3. The summed E-state index contributed by atoms with van der Waals surface area (Å²) in [6.45, 7) is 3.88. The molecule has 0 unspecified atom stereocenters. The van der Waals surface area contributed by atoms with Crippen molar-refractivity contribution in [3.05, 3.63) is 76.4 Å². The Hall–Kier alpha value is -2.29. The summed E-state index contributed by atoms with van der Waals surface area (Å²) >= 11 is 0. The maximum atomic E-state index is 13.4. The third-order valence-corrected chi connectivity index (χ3v) is 3.19. The number of halogens is 2. The van der Waals surface area contributed by atoms with Gasteiger partial charge in [0.05, 0.1) is 0 Å². The number of benzene rings is 2. The number of hydrogen-bond donors (Lipinski definition) is 0. The lowest BCUT2D eigenvalue weighted by Crippen LogP contribution is -1.96. The maximum Gasteiger partial charge on any atom is 0.185 e. The molecule has 0 fully saturated rings. The van der Waals surface area contributed by atoms with E-state index in [1.54, 1.807) is 12.1 Å². The molecule has 0 saturated heterocycles. The minimum atomic E-state index is -0.948. The number of aryl methyl sites for hydroxylation is 2. The Labute approximate surface area is 116 Å². The fourth-order valence-electron chi connectivity index (χ4n) is 1.81. The van der Waals surface area contributed by atoms with E-state index in [9.17, 15) is 13.6 Å². The van der Waals surface area contributed by atoms with E-state index in [1.165, 1.54) is 24.3 Å². The third-order valence-electron chi connectivity index (χ3n) is 3.19. The summed E-state index contributed by atoms with van der Waals surface area (Å²) in [6, 6.07) is 9.22. The van der Waals surface area contributed by atoms with Crippen LogP contribution in [0.2, 0.25) is 0 Å². The number of ketones is 1. The monoisotopic (exact) mass is 272 g/mol. The predicted octanol–water partition coefficient (Wildman–Crippen LogP) is 4.48. The summed E-state index contributed by atoms with van der Waals surface area (Å²) in [5.41, 5.74) is 2.70. The van der Waals surface area contributed by atoms with Gasteiger partial charge in [-0.15, -0.1) is 0 Å². The van der Waals surface area contributed by atoms with Gasteiger partial charge in [-0.05, 0) is 49.3 Å². The first-order valence-corrected chi connectivity index (χ1v) is 6.22. The average Bonchev–Trinajstić information content (AvgIpc) is 2.43. The van der Waals surface area contributed by atoms with Crippen LogP contribution in [-0.4, -0.2) is 5.78 Å². The second-order valence-electron chi connectivity index (χ2n) is 4.64. The van der Waals surface area contributed by atoms with Gasteiger partial charge in [-0.2, -0.15) is 0 Å². The van der Waals surface area contributed by atoms with E-state index in [0.29, 0.717) is 5.56 Å². The highest BCUT2D eigenvalue weighted by Crippen LogP contribution is 2.15. The molecule has 0 amide bonds. The van der Waals surface area contributed by atoms with Crippen LogP contribution in [0.5, 0.6) is 0 Å². The molecule has 0 bridgehead atoms. The van der Waals surface area contributed by atoms with Gasteiger partial charge in [0.25, 0.3) is 0 Å². The van der Waals surface area contributed by atoms with Crippen LogP contribution in [0.15, 0.2) is 42.5 Å². The zero-order valence-corrected chi connectivity index (χ0v) is 11.3. The van der Waals surface area contributed by atoms with Crippen molar-refractivity contribution >= 4 is 11.9 Å². The quantitative estimate of drug-likeness (QED) is 0.595. The van der Waals surface area contributed by atoms with Crippen molar-refractivity contribution in [3.8, 4) is 0 Å². The standard InChI is InChI=1S/C17H14F2O/c1-11-6-7-14(10-12(11)2)16(20)9-8-13-4-3-5-15(18)17(13)19/h3-10H,1-2H3. The van der Waals surface area contributed by atoms with Crippen molar-refractivity contribution in [2.24, 2.45) is 0 Å². The molecule has 0 atom stereocenters. The van der Waals surface area contributed by atoms with Crippen LogP contribution in [-0.2, 0) is 0 Å². The molecule has 0 aromatic heterocycles. The summed E-state index contributed by atoms with van der Waals surface area (Å²) < 4.78 is 26.5. The van der Waals surface area contributed by atoms with Gasteiger partial charge >= 0.3 is 0 Å². The first kappa shape index (κ1) is 14.1. The van der Waals surface area contributed by atoms with E-state index in [2.05, 4.69) is 0 Å². The van der Waals surface area contributed by atoms with Crippen LogP contribution >= 0.6 is 0 Å². The van der Waals surface area contributed by atoms with E-state index in [4.69, 9.17) is 0 Å². The summed E-state index contributed by atoms with van der Waals surface area (Å²) in [5, 5.41) is 0. The highest BCUT2D eigenvalue weighted by Gasteiger charge is 2.06. The molecule has 1 nitrogen and oxygen atoms in total. The molecule has 2 aromatic carbocycles. The second kappa shape index (κ2) is 5.78. The van der Waals surface area contributed by atoms with E-state index < -0.39 is 11.6 Å². The molecule has 20 heavy (non-hydrogen) atoms. The zero-order chi connectivity index (χ0) is 14.7. The minimum absolute atomic E-state index is 0.0576. The van der Waals surface area contributed by atoms with Crippen molar-refractivity contribution in [3.63, 3.8) is 0 Å². The Kier molecular flexibility index (Phi) is 4.08. The molecule has 0 aliphatic rings. The van der Waals surface area contributed by atoms with E-state index in [1.807, 2.05) is 19.9 Å². The highest BCUT2D eigenvalue weighted by molar-refractivity contribution is 6.06. The van der Waals surface area contributed by atoms with Crippen molar-refractivity contribution in [1.29, 1.82) is 0 Å². The van der Waals surface area contributed by atoms with E-state index >= 15 is 0 Å². The van der Waals surface area contributed by atoms with Crippen molar-refractivity contribution in [2.75, 3.05) is 0 Å². The summed E-state index contributed by atoms with van der Waals surface area (Å²) in [5.74, 6) is -2.11. The fourth-order valence-corrected chi connectivity index (χ4v) is 1.81. The maximum absolute atomic E-state index is 13.4. The highest BCUT2D eigenvalue weighted by atomic mass is 19.2. The van der Waals surface area contributed by atoms with Gasteiger partial charge in [0.1, 0.15) is 0 Å². The van der Waals surface area contributed by atoms with Gasteiger partial charge in [0.2, 0.25) is 0 Å². The summed E-state index contributed by atoms with van der Waals surface area (Å²) in [6.07, 6.45) is 2.54. The van der Waals surface area contributed by atoms with Crippen molar-refractivity contribution in [2.45, 2.75) is 13.8 Å². The molecule has 2 rings (SSSR count). The lowest BCUT2D eigenvalue weighted by atomic mass is 10.0. The van der Waals surface area contributed by atoms with Crippen LogP contribution in [0.3, 0.4) is 0 Å². The van der Waals surface area contributed by atoms with E-state index in [-0.39, 0.29) is 11.3 Å². The van der Waals surface area contributed by atoms with Crippen molar-refractivity contribution < 1.29 is 13.6 Å². The third kappa shape index (κ3) is 2.99. The van der Waals surface area contributed by atoms with E-state index in [0.717, 1.165) is 17.2 Å². The minimum Gasteiger partial charge on any atom is -0.289 e.